The zero-order chi connectivity index (χ0) is 13.5. The van der Waals surface area contributed by atoms with Gasteiger partial charge in [0.2, 0.25) is 5.91 Å². The number of nitrogens with zero attached hydrogens (tertiary/aromatic N) is 1. The Morgan fingerprint density at radius 2 is 2.06 bits per heavy atom. The van der Waals surface area contributed by atoms with Crippen molar-refractivity contribution in [2.24, 2.45) is 5.92 Å². The fraction of sp³-hybridized carbons (Fsp3) is 0.571. The van der Waals surface area contributed by atoms with E-state index in [-0.39, 0.29) is 11.9 Å². The summed E-state index contributed by atoms with van der Waals surface area (Å²) in [5, 5.41) is 2.99. The highest BCUT2D eigenvalue weighted by Crippen LogP contribution is 2.07. The fourth-order valence-electron chi connectivity index (χ4n) is 1.69. The zero-order valence-electron chi connectivity index (χ0n) is 11.4. The summed E-state index contributed by atoms with van der Waals surface area (Å²) in [7, 11) is 0. The number of carbonyl (C=O) groups is 1. The lowest BCUT2D eigenvalue weighted by molar-refractivity contribution is -0.121. The van der Waals surface area contributed by atoms with Crippen LogP contribution < -0.4 is 11.1 Å². The molecule has 0 saturated heterocycles. The molecule has 0 aliphatic heterocycles. The molecule has 0 fully saturated rings. The second kappa shape index (κ2) is 6.99. The molecule has 1 atom stereocenters. The van der Waals surface area contributed by atoms with Crippen LogP contribution in [0.5, 0.6) is 0 Å². The van der Waals surface area contributed by atoms with Crippen molar-refractivity contribution in [2.75, 3.05) is 5.73 Å². The second-order valence-corrected chi connectivity index (χ2v) is 5.20. The Kier molecular flexibility index (Phi) is 5.62. The van der Waals surface area contributed by atoms with E-state index in [9.17, 15) is 4.79 Å². The highest BCUT2D eigenvalue weighted by Gasteiger charge is 2.09. The van der Waals surface area contributed by atoms with Gasteiger partial charge < -0.3 is 11.1 Å². The van der Waals surface area contributed by atoms with Gasteiger partial charge in [-0.1, -0.05) is 13.8 Å². The van der Waals surface area contributed by atoms with Gasteiger partial charge in [-0.2, -0.15) is 0 Å². The minimum atomic E-state index is 0.0172. The molecule has 0 saturated carbocycles. The highest BCUT2D eigenvalue weighted by atomic mass is 16.1. The van der Waals surface area contributed by atoms with Crippen LogP contribution in [0.4, 0.5) is 5.69 Å². The van der Waals surface area contributed by atoms with Crippen LogP contribution in [0.15, 0.2) is 18.3 Å². The lowest BCUT2D eigenvalue weighted by Gasteiger charge is -2.14. The van der Waals surface area contributed by atoms with Crippen LogP contribution in [0.25, 0.3) is 0 Å². The molecule has 0 aliphatic carbocycles. The van der Waals surface area contributed by atoms with Crippen molar-refractivity contribution in [3.63, 3.8) is 0 Å². The monoisotopic (exact) mass is 249 g/mol. The summed E-state index contributed by atoms with van der Waals surface area (Å²) in [4.78, 5) is 15.9. The average molecular weight is 249 g/mol. The molecule has 0 aliphatic rings. The van der Waals surface area contributed by atoms with Crippen molar-refractivity contribution in [3.05, 3.63) is 24.0 Å². The maximum Gasteiger partial charge on any atom is 0.226 e. The molecular formula is C14H23N3O. The molecule has 18 heavy (non-hydrogen) atoms. The van der Waals surface area contributed by atoms with Gasteiger partial charge in [0.25, 0.3) is 0 Å². The van der Waals surface area contributed by atoms with Crippen molar-refractivity contribution in [1.82, 2.24) is 10.3 Å². The van der Waals surface area contributed by atoms with Gasteiger partial charge in [-0.25, -0.2) is 0 Å². The predicted molar refractivity (Wildman–Crippen MR) is 74.0 cm³/mol. The van der Waals surface area contributed by atoms with Gasteiger partial charge in [-0.15, -0.1) is 0 Å². The molecule has 1 aromatic rings. The molecule has 0 spiro atoms. The number of pyridine rings is 1. The van der Waals surface area contributed by atoms with E-state index in [0.29, 0.717) is 18.0 Å². The third-order valence-corrected chi connectivity index (χ3v) is 2.77. The Bertz CT molecular complexity index is 373. The first-order chi connectivity index (χ1) is 8.47. The van der Waals surface area contributed by atoms with Gasteiger partial charge in [-0.05, 0) is 37.8 Å². The Labute approximate surface area is 109 Å². The molecule has 1 unspecified atom stereocenters. The minimum absolute atomic E-state index is 0.0172. The number of anilines is 1. The predicted octanol–water partition coefficient (Wildman–Crippen LogP) is 2.15. The molecule has 0 bridgehead atoms. The number of hydrogen-bond donors (Lipinski definition) is 2. The van der Waals surface area contributed by atoms with Gasteiger partial charge >= 0.3 is 0 Å². The molecule has 4 heteroatoms. The summed E-state index contributed by atoms with van der Waals surface area (Å²) in [5.41, 5.74) is 6.91. The van der Waals surface area contributed by atoms with Gasteiger partial charge in [0.1, 0.15) is 0 Å². The first-order valence-electron chi connectivity index (χ1n) is 6.47. The molecule has 4 nitrogen and oxygen atoms in total. The first-order valence-corrected chi connectivity index (χ1v) is 6.47. The van der Waals surface area contributed by atoms with Crippen molar-refractivity contribution in [2.45, 2.75) is 46.1 Å². The normalized spacial score (nSPS) is 12.4. The SMILES string of the molecule is CC(C)CCC(C)NC(=O)Cc1ccc(N)cn1. The minimum Gasteiger partial charge on any atom is -0.397 e. The lowest BCUT2D eigenvalue weighted by Crippen LogP contribution is -2.34. The van der Waals surface area contributed by atoms with Crippen LogP contribution in [-0.2, 0) is 11.2 Å². The number of carbonyl (C=O) groups excluding carboxylic acids is 1. The molecule has 1 heterocycles. The van der Waals surface area contributed by atoms with Gasteiger partial charge in [0.15, 0.2) is 0 Å². The van der Waals surface area contributed by atoms with E-state index < -0.39 is 0 Å². The maximum atomic E-state index is 11.8. The highest BCUT2D eigenvalue weighted by molar-refractivity contribution is 5.78. The van der Waals surface area contributed by atoms with Gasteiger partial charge in [0, 0.05) is 11.7 Å². The number of nitrogens with one attached hydrogen (secondary N) is 1. The van der Waals surface area contributed by atoms with Crippen LogP contribution in [0.2, 0.25) is 0 Å². The average Bonchev–Trinajstić information content (AvgIpc) is 2.29. The first kappa shape index (κ1) is 14.5. The van der Waals surface area contributed by atoms with Crippen molar-refractivity contribution in [3.8, 4) is 0 Å². The molecule has 0 radical (unpaired) electrons. The van der Waals surface area contributed by atoms with E-state index in [1.54, 1.807) is 18.3 Å². The third kappa shape index (κ3) is 5.66. The standard InChI is InChI=1S/C14H23N3O/c1-10(2)4-5-11(3)17-14(18)8-13-7-6-12(15)9-16-13/h6-7,9-11H,4-5,8,15H2,1-3H3,(H,17,18). The number of hydrogen-bond acceptors (Lipinski definition) is 3. The van der Waals surface area contributed by atoms with Crippen LogP contribution in [0, 0.1) is 5.92 Å². The Morgan fingerprint density at radius 1 is 1.33 bits per heavy atom. The maximum absolute atomic E-state index is 11.8. The van der Waals surface area contributed by atoms with E-state index in [4.69, 9.17) is 5.73 Å². The van der Waals surface area contributed by atoms with Crippen LogP contribution in [0.3, 0.4) is 0 Å². The second-order valence-electron chi connectivity index (χ2n) is 5.20. The van der Waals surface area contributed by atoms with Gasteiger partial charge in [-0.3, -0.25) is 9.78 Å². The Balaban J connectivity index is 2.34. The summed E-state index contributed by atoms with van der Waals surface area (Å²) < 4.78 is 0. The molecule has 3 N–H and O–H groups in total. The fourth-order valence-corrected chi connectivity index (χ4v) is 1.69. The molecule has 1 rings (SSSR count). The summed E-state index contributed by atoms with van der Waals surface area (Å²) in [5.74, 6) is 0.687. The summed E-state index contributed by atoms with van der Waals surface area (Å²) in [6.07, 6.45) is 4.03. The lowest BCUT2D eigenvalue weighted by atomic mass is 10.0. The van der Waals surface area contributed by atoms with Gasteiger partial charge in [0.05, 0.1) is 18.3 Å². The van der Waals surface area contributed by atoms with Crippen molar-refractivity contribution in [1.29, 1.82) is 0 Å². The molecule has 0 aromatic carbocycles. The van der Waals surface area contributed by atoms with Crippen molar-refractivity contribution >= 4 is 11.6 Å². The Hall–Kier alpha value is -1.58. The molecule has 100 valence electrons. The van der Waals surface area contributed by atoms with E-state index in [2.05, 4.69) is 24.1 Å². The largest absolute Gasteiger partial charge is 0.397 e. The molecule has 1 amide bonds. The van der Waals surface area contributed by atoms with E-state index in [1.807, 2.05) is 6.92 Å². The van der Waals surface area contributed by atoms with Crippen LogP contribution in [-0.4, -0.2) is 16.9 Å². The van der Waals surface area contributed by atoms with E-state index >= 15 is 0 Å². The van der Waals surface area contributed by atoms with E-state index in [1.165, 1.54) is 0 Å². The quantitative estimate of drug-likeness (QED) is 0.811. The number of aromatic nitrogens is 1. The number of amides is 1. The number of nitrogen functional groups attached to an aromatic ring is 1. The molecule has 1 aromatic heterocycles. The smallest absolute Gasteiger partial charge is 0.226 e. The van der Waals surface area contributed by atoms with Crippen LogP contribution in [0.1, 0.15) is 39.3 Å². The topological polar surface area (TPSA) is 68.0 Å². The Morgan fingerprint density at radius 3 is 2.61 bits per heavy atom. The molecular weight excluding hydrogens is 226 g/mol. The zero-order valence-corrected chi connectivity index (χ0v) is 11.4. The summed E-state index contributed by atoms with van der Waals surface area (Å²) in [6.45, 7) is 6.41. The van der Waals surface area contributed by atoms with Crippen LogP contribution >= 0.6 is 0 Å². The number of rotatable bonds is 6. The number of nitrogens with two attached hydrogens (primary N) is 1. The summed E-state index contributed by atoms with van der Waals surface area (Å²) in [6, 6.07) is 3.76. The summed E-state index contributed by atoms with van der Waals surface area (Å²) >= 11 is 0. The third-order valence-electron chi connectivity index (χ3n) is 2.77. The van der Waals surface area contributed by atoms with Crippen molar-refractivity contribution < 1.29 is 4.79 Å². The van der Waals surface area contributed by atoms with E-state index in [0.717, 1.165) is 18.5 Å².